The molecule has 4 heteroatoms. The van der Waals surface area contributed by atoms with Gasteiger partial charge in [-0.1, -0.05) is 0 Å². The van der Waals surface area contributed by atoms with Crippen LogP contribution in [0.1, 0.15) is 5.56 Å². The molecule has 64 valence electrons. The van der Waals surface area contributed by atoms with E-state index in [0.717, 1.165) is 11.0 Å². The maximum atomic E-state index is 8.56. The first kappa shape index (κ1) is 13.7. The van der Waals surface area contributed by atoms with Gasteiger partial charge in [-0.15, -0.1) is 0 Å². The molecule has 0 spiro atoms. The zero-order valence-corrected chi connectivity index (χ0v) is 6.64. The first-order valence-electron chi connectivity index (χ1n) is 3.28. The molecule has 0 fully saturated rings. The van der Waals surface area contributed by atoms with Crippen LogP contribution in [-0.2, 0) is 6.42 Å². The van der Waals surface area contributed by atoms with Crippen LogP contribution in [0.25, 0.3) is 0 Å². The third kappa shape index (κ3) is 4.13. The van der Waals surface area contributed by atoms with Crippen LogP contribution in [0, 0.1) is 0 Å². The minimum atomic E-state index is 0. The molecule has 0 saturated carbocycles. The first-order valence-corrected chi connectivity index (χ1v) is 3.28. The molecule has 1 rings (SSSR count). The van der Waals surface area contributed by atoms with E-state index in [9.17, 15) is 0 Å². The Kier molecular flexibility index (Phi) is 7.84. The van der Waals surface area contributed by atoms with Crippen molar-refractivity contribution in [3.05, 3.63) is 29.8 Å². The second-order valence-corrected chi connectivity index (χ2v) is 2.22. The smallest absolute Gasteiger partial charge is 0.870 e. The van der Waals surface area contributed by atoms with Gasteiger partial charge in [-0.05, 0) is 0 Å². The van der Waals surface area contributed by atoms with E-state index in [0.29, 0.717) is 6.42 Å². The van der Waals surface area contributed by atoms with E-state index in [1.165, 1.54) is 0 Å². The van der Waals surface area contributed by atoms with Crippen LogP contribution in [0.3, 0.4) is 0 Å². The fraction of sp³-hybridized carbons (Fsp3) is 0.250. The summed E-state index contributed by atoms with van der Waals surface area (Å²) < 4.78 is 0. The molecule has 1 aromatic rings. The monoisotopic (exact) mass is 166 g/mol. The first-order chi connectivity index (χ1) is 4.83. The molecule has 0 saturated heterocycles. The van der Waals surface area contributed by atoms with Crippen LogP contribution in [0.4, 0.5) is 0 Å². The van der Waals surface area contributed by atoms with Crippen molar-refractivity contribution < 1.29 is 16.1 Å². The summed E-state index contributed by atoms with van der Waals surface area (Å²) in [5.41, 5.74) is 1.89. The van der Waals surface area contributed by atoms with Crippen LogP contribution >= 0.6 is 0 Å². The van der Waals surface area contributed by atoms with E-state index in [4.69, 9.17) is 13.0 Å². The van der Waals surface area contributed by atoms with Gasteiger partial charge < -0.3 is 11.0 Å². The molecule has 0 heterocycles. The second kappa shape index (κ2) is 6.85. The molecule has 3 N–H and O–H groups in total. The van der Waals surface area contributed by atoms with Gasteiger partial charge in [0.25, 0.3) is 0 Å². The summed E-state index contributed by atoms with van der Waals surface area (Å²) in [5, 5.41) is 8.56. The molecule has 0 aliphatic rings. The number of rotatable bonds is 2. The Bertz CT molecular complexity index is 198. The minimum Gasteiger partial charge on any atom is -0.870 e. The van der Waals surface area contributed by atoms with Crippen LogP contribution in [0.15, 0.2) is 24.3 Å². The quantitative estimate of drug-likeness (QED) is 0.610. The minimum absolute atomic E-state index is 0. The van der Waals surface area contributed by atoms with Gasteiger partial charge in [0.15, 0.2) is 0 Å². The Morgan fingerprint density at radius 2 is 1.58 bits per heavy atom. The van der Waals surface area contributed by atoms with E-state index in [-0.39, 0.29) is 17.6 Å². The molecule has 3 nitrogen and oxygen atoms in total. The van der Waals surface area contributed by atoms with Gasteiger partial charge in [0.1, 0.15) is 0 Å². The fourth-order valence-electron chi connectivity index (χ4n) is 0.813. The van der Waals surface area contributed by atoms with Gasteiger partial charge in [-0.2, -0.15) is 0 Å². The Morgan fingerprint density at radius 1 is 1.08 bits per heavy atom. The van der Waals surface area contributed by atoms with Crippen molar-refractivity contribution in [3.8, 4) is 0 Å². The van der Waals surface area contributed by atoms with E-state index in [2.05, 4.69) is 0 Å². The molecule has 1 aromatic carbocycles. The molecule has 0 radical (unpaired) electrons. The zero-order chi connectivity index (χ0) is 7.40. The topological polar surface area (TPSA) is 80.2 Å². The summed E-state index contributed by atoms with van der Waals surface area (Å²) in [7, 11) is 5.46. The number of benzene rings is 1. The molecular weight excluding hydrogens is 155 g/mol. The van der Waals surface area contributed by atoms with Gasteiger partial charge in [-0.25, -0.2) is 0 Å². The Balaban J connectivity index is 0. The molecule has 0 aromatic heterocycles. The van der Waals surface area contributed by atoms with Crippen molar-refractivity contribution in [1.29, 1.82) is 0 Å². The molecule has 0 bridgehead atoms. The largest absolute Gasteiger partial charge is 0.870 e. The van der Waals surface area contributed by atoms with Crippen molar-refractivity contribution in [2.75, 3.05) is 6.61 Å². The number of aliphatic hydroxyl groups excluding tert-OH is 1. The maximum absolute atomic E-state index is 8.56. The Labute approximate surface area is 73.1 Å². The van der Waals surface area contributed by atoms with E-state index < -0.39 is 0 Å². The summed E-state index contributed by atoms with van der Waals surface area (Å²) in [6.45, 7) is 0.198. The number of hydrogen-bond donors (Lipinski definition) is 1. The van der Waals surface area contributed by atoms with Crippen LogP contribution < -0.4 is 5.46 Å². The summed E-state index contributed by atoms with van der Waals surface area (Å²) in [5.74, 6) is 0. The van der Waals surface area contributed by atoms with Gasteiger partial charge >= 0.3 is 61.3 Å². The van der Waals surface area contributed by atoms with Crippen LogP contribution in [-0.4, -0.2) is 30.5 Å². The molecule has 0 aliphatic carbocycles. The average molecular weight is 166 g/mol. The fourth-order valence-corrected chi connectivity index (χ4v) is 0.813. The number of aliphatic hydroxyl groups is 1. The normalized spacial score (nSPS) is 8.25. The van der Waals surface area contributed by atoms with E-state index in [1.54, 1.807) is 0 Å². The molecule has 0 unspecified atom stereocenters. The zero-order valence-electron chi connectivity index (χ0n) is 6.64. The summed E-state index contributed by atoms with van der Waals surface area (Å²) in [6, 6.07) is 7.52. The molecule has 12 heavy (non-hydrogen) atoms. The van der Waals surface area contributed by atoms with Gasteiger partial charge in [0, 0.05) is 0 Å². The standard InChI is InChI=1S/C8H9BO.2H2O/c9-8-3-1-7(2-4-8)5-6-10;;/h1-4,10H,5-6H2;2*1H2/q+2;;/p-2. The van der Waals surface area contributed by atoms with Crippen molar-refractivity contribution in [1.82, 2.24) is 0 Å². The van der Waals surface area contributed by atoms with E-state index in [1.807, 2.05) is 24.3 Å². The van der Waals surface area contributed by atoms with Gasteiger partial charge in [0.05, 0.1) is 0 Å². The van der Waals surface area contributed by atoms with Crippen LogP contribution in [0.5, 0.6) is 0 Å². The van der Waals surface area contributed by atoms with Crippen molar-refractivity contribution in [3.63, 3.8) is 0 Å². The molecule has 0 aliphatic heterocycles. The molecular formula is C8H11BO3. The average Bonchev–Trinajstić information content (AvgIpc) is 1.95. The predicted octanol–water partition coefficient (Wildman–Crippen LogP) is -0.338. The van der Waals surface area contributed by atoms with Crippen LogP contribution in [0.2, 0.25) is 0 Å². The van der Waals surface area contributed by atoms with Crippen molar-refractivity contribution in [2.24, 2.45) is 0 Å². The molecule has 0 amide bonds. The van der Waals surface area contributed by atoms with Gasteiger partial charge in [0.2, 0.25) is 0 Å². The second-order valence-electron chi connectivity index (χ2n) is 2.22. The Morgan fingerprint density at radius 3 is 2.00 bits per heavy atom. The third-order valence-corrected chi connectivity index (χ3v) is 1.38. The predicted molar refractivity (Wildman–Crippen MR) is 46.5 cm³/mol. The summed E-state index contributed by atoms with van der Waals surface area (Å²) in [6.07, 6.45) is 0.709. The molecule has 0 atom stereocenters. The van der Waals surface area contributed by atoms with E-state index >= 15 is 0 Å². The van der Waals surface area contributed by atoms with Crippen molar-refractivity contribution >= 4 is 13.3 Å². The third-order valence-electron chi connectivity index (χ3n) is 1.38. The SMILES string of the molecule is [B+2]c1ccc(CCO)cc1.[OH-].[OH-]. The number of hydrogen-bond acceptors (Lipinski definition) is 3. The van der Waals surface area contributed by atoms with Crippen molar-refractivity contribution in [2.45, 2.75) is 6.42 Å². The Hall–Kier alpha value is -0.835. The maximum Gasteiger partial charge on any atom is -0.870 e. The summed E-state index contributed by atoms with van der Waals surface area (Å²) >= 11 is 0. The summed E-state index contributed by atoms with van der Waals surface area (Å²) in [4.78, 5) is 0. The van der Waals surface area contributed by atoms with Gasteiger partial charge in [-0.3, -0.25) is 0 Å².